The Morgan fingerprint density at radius 1 is 1.41 bits per heavy atom. The first kappa shape index (κ1) is 13.6. The van der Waals surface area contributed by atoms with Crippen LogP contribution in [0.15, 0.2) is 12.1 Å². The van der Waals surface area contributed by atoms with Crippen LogP contribution in [0.4, 0.5) is 15.8 Å². The molecule has 0 fully saturated rings. The molecule has 0 saturated heterocycles. The summed E-state index contributed by atoms with van der Waals surface area (Å²) in [4.78, 5) is 0. The minimum absolute atomic E-state index is 0.0834. The lowest BCUT2D eigenvalue weighted by molar-refractivity contribution is 0.210. The van der Waals surface area contributed by atoms with Gasteiger partial charge in [0.2, 0.25) is 0 Å². The van der Waals surface area contributed by atoms with E-state index in [-0.39, 0.29) is 11.9 Å². The van der Waals surface area contributed by atoms with Crippen LogP contribution < -0.4 is 15.8 Å². The third-order valence-corrected chi connectivity index (χ3v) is 2.09. The zero-order chi connectivity index (χ0) is 12.8. The normalized spacial score (nSPS) is 10.6. The lowest BCUT2D eigenvalue weighted by atomic mass is 10.2. The summed E-state index contributed by atoms with van der Waals surface area (Å²) in [5.41, 5.74) is 6.71. The van der Waals surface area contributed by atoms with Crippen molar-refractivity contribution in [3.63, 3.8) is 0 Å². The zero-order valence-corrected chi connectivity index (χ0v) is 10.4. The number of ether oxygens (including phenoxy) is 2. The van der Waals surface area contributed by atoms with Gasteiger partial charge in [-0.1, -0.05) is 0 Å². The van der Waals surface area contributed by atoms with Crippen LogP contribution in [0.5, 0.6) is 5.75 Å². The summed E-state index contributed by atoms with van der Waals surface area (Å²) < 4.78 is 23.8. The molecular weight excluding hydrogens is 223 g/mol. The number of nitrogens with two attached hydrogens (primary N) is 1. The molecule has 0 aliphatic carbocycles. The van der Waals surface area contributed by atoms with Crippen molar-refractivity contribution in [2.75, 3.05) is 31.3 Å². The Morgan fingerprint density at radius 3 is 2.71 bits per heavy atom. The number of anilines is 2. The van der Waals surface area contributed by atoms with E-state index in [1.807, 2.05) is 13.8 Å². The molecular formula is C12H19FN2O2. The second-order valence-electron chi connectivity index (χ2n) is 3.96. The Kier molecular flexibility index (Phi) is 5.03. The highest BCUT2D eigenvalue weighted by molar-refractivity contribution is 5.68. The second-order valence-corrected chi connectivity index (χ2v) is 3.96. The predicted molar refractivity (Wildman–Crippen MR) is 66.9 cm³/mol. The molecule has 17 heavy (non-hydrogen) atoms. The molecule has 0 heterocycles. The summed E-state index contributed by atoms with van der Waals surface area (Å²) in [5, 5.41) is 3.06. The Balaban J connectivity index is 2.82. The van der Waals surface area contributed by atoms with Gasteiger partial charge < -0.3 is 20.5 Å². The van der Waals surface area contributed by atoms with Crippen LogP contribution in [0.3, 0.4) is 0 Å². The molecule has 0 bridgehead atoms. The topological polar surface area (TPSA) is 56.5 Å². The van der Waals surface area contributed by atoms with Crippen molar-refractivity contribution in [3.05, 3.63) is 17.9 Å². The van der Waals surface area contributed by atoms with Crippen molar-refractivity contribution in [2.45, 2.75) is 20.0 Å². The third kappa shape index (κ3) is 4.11. The average molecular weight is 242 g/mol. The molecule has 4 nitrogen and oxygen atoms in total. The second kappa shape index (κ2) is 6.30. The molecule has 0 aromatic heterocycles. The quantitative estimate of drug-likeness (QED) is 0.593. The lowest BCUT2D eigenvalue weighted by Crippen LogP contribution is -2.11. The van der Waals surface area contributed by atoms with E-state index in [0.717, 1.165) is 0 Å². The van der Waals surface area contributed by atoms with E-state index in [9.17, 15) is 4.39 Å². The molecule has 0 aliphatic rings. The zero-order valence-electron chi connectivity index (χ0n) is 10.4. The Labute approximate surface area is 101 Å². The van der Waals surface area contributed by atoms with Gasteiger partial charge in [-0.05, 0) is 13.8 Å². The number of nitrogens with one attached hydrogen (secondary N) is 1. The Hall–Kier alpha value is -1.49. The largest absolute Gasteiger partial charge is 0.488 e. The van der Waals surface area contributed by atoms with E-state index in [1.165, 1.54) is 6.07 Å². The van der Waals surface area contributed by atoms with E-state index in [2.05, 4.69) is 5.32 Å². The first-order chi connectivity index (χ1) is 8.04. The first-order valence-electron chi connectivity index (χ1n) is 5.53. The molecule has 0 spiro atoms. The summed E-state index contributed by atoms with van der Waals surface area (Å²) >= 11 is 0. The molecule has 0 radical (unpaired) electrons. The Morgan fingerprint density at radius 2 is 2.12 bits per heavy atom. The average Bonchev–Trinajstić information content (AvgIpc) is 2.24. The summed E-state index contributed by atoms with van der Waals surface area (Å²) in [5.74, 6) is -0.248. The summed E-state index contributed by atoms with van der Waals surface area (Å²) in [7, 11) is 1.61. The van der Waals surface area contributed by atoms with Gasteiger partial charge in [-0.3, -0.25) is 0 Å². The molecule has 0 saturated carbocycles. The monoisotopic (exact) mass is 242 g/mol. The van der Waals surface area contributed by atoms with Gasteiger partial charge in [0, 0.05) is 25.8 Å². The first-order valence-corrected chi connectivity index (χ1v) is 5.53. The van der Waals surface area contributed by atoms with Crippen molar-refractivity contribution in [1.82, 2.24) is 0 Å². The molecule has 96 valence electrons. The maximum Gasteiger partial charge on any atom is 0.167 e. The lowest BCUT2D eigenvalue weighted by Gasteiger charge is -2.14. The highest BCUT2D eigenvalue weighted by Crippen LogP contribution is 2.28. The highest BCUT2D eigenvalue weighted by atomic mass is 19.1. The van der Waals surface area contributed by atoms with Crippen LogP contribution in [0, 0.1) is 5.82 Å². The third-order valence-electron chi connectivity index (χ3n) is 2.09. The molecule has 1 aromatic carbocycles. The van der Waals surface area contributed by atoms with Crippen molar-refractivity contribution >= 4 is 11.4 Å². The number of hydrogen-bond acceptors (Lipinski definition) is 4. The van der Waals surface area contributed by atoms with Gasteiger partial charge in [-0.15, -0.1) is 0 Å². The van der Waals surface area contributed by atoms with E-state index in [4.69, 9.17) is 15.2 Å². The van der Waals surface area contributed by atoms with Crippen molar-refractivity contribution in [2.24, 2.45) is 0 Å². The molecule has 0 aliphatic heterocycles. The maximum atomic E-state index is 13.5. The maximum absolute atomic E-state index is 13.5. The van der Waals surface area contributed by atoms with Gasteiger partial charge in [-0.2, -0.15) is 0 Å². The molecule has 0 amide bonds. The van der Waals surface area contributed by atoms with Crippen molar-refractivity contribution in [3.8, 4) is 5.75 Å². The van der Waals surface area contributed by atoms with Crippen LogP contribution in [-0.2, 0) is 4.74 Å². The highest BCUT2D eigenvalue weighted by Gasteiger charge is 2.10. The molecule has 1 rings (SSSR count). The van der Waals surface area contributed by atoms with Gasteiger partial charge in [0.1, 0.15) is 0 Å². The molecule has 3 N–H and O–H groups in total. The molecule has 1 aromatic rings. The van der Waals surface area contributed by atoms with Crippen LogP contribution >= 0.6 is 0 Å². The number of nitrogen functional groups attached to an aromatic ring is 1. The number of halogens is 1. The fourth-order valence-electron chi connectivity index (χ4n) is 1.35. The summed E-state index contributed by atoms with van der Waals surface area (Å²) in [6.45, 7) is 4.84. The van der Waals surface area contributed by atoms with Gasteiger partial charge in [0.05, 0.1) is 24.1 Å². The fraction of sp³-hybridized carbons (Fsp3) is 0.500. The van der Waals surface area contributed by atoms with E-state index in [1.54, 1.807) is 13.2 Å². The minimum Gasteiger partial charge on any atom is -0.488 e. The standard InChI is InChI=1S/C12H19FN2O2/c1-8(2)17-12-7-11(15-4-5-16-3)10(14)6-9(12)13/h6-8,15H,4-5,14H2,1-3H3. The van der Waals surface area contributed by atoms with E-state index >= 15 is 0 Å². The van der Waals surface area contributed by atoms with Gasteiger partial charge in [-0.25, -0.2) is 4.39 Å². The number of methoxy groups -OCH3 is 1. The smallest absolute Gasteiger partial charge is 0.167 e. The van der Waals surface area contributed by atoms with Gasteiger partial charge in [0.15, 0.2) is 11.6 Å². The molecule has 5 heteroatoms. The number of benzene rings is 1. The number of rotatable bonds is 6. The van der Waals surface area contributed by atoms with Gasteiger partial charge in [0.25, 0.3) is 0 Å². The van der Waals surface area contributed by atoms with Crippen LogP contribution in [-0.4, -0.2) is 26.4 Å². The van der Waals surface area contributed by atoms with E-state index in [0.29, 0.717) is 24.5 Å². The van der Waals surface area contributed by atoms with Crippen LogP contribution in [0.2, 0.25) is 0 Å². The molecule has 0 atom stereocenters. The van der Waals surface area contributed by atoms with Crippen molar-refractivity contribution in [1.29, 1.82) is 0 Å². The Bertz CT molecular complexity index is 370. The molecule has 0 unspecified atom stereocenters. The fourth-order valence-corrected chi connectivity index (χ4v) is 1.35. The van der Waals surface area contributed by atoms with Gasteiger partial charge >= 0.3 is 0 Å². The SMILES string of the molecule is COCCNc1cc(OC(C)C)c(F)cc1N. The number of hydrogen-bond donors (Lipinski definition) is 2. The van der Waals surface area contributed by atoms with Crippen LogP contribution in [0.1, 0.15) is 13.8 Å². The minimum atomic E-state index is -0.450. The van der Waals surface area contributed by atoms with Crippen LogP contribution in [0.25, 0.3) is 0 Å². The predicted octanol–water partition coefficient (Wildman–Crippen LogP) is 2.25. The van der Waals surface area contributed by atoms with E-state index < -0.39 is 5.82 Å². The van der Waals surface area contributed by atoms with Crippen molar-refractivity contribution < 1.29 is 13.9 Å². The summed E-state index contributed by atoms with van der Waals surface area (Å²) in [6, 6.07) is 2.83. The summed E-state index contributed by atoms with van der Waals surface area (Å²) in [6.07, 6.45) is -0.0834.